The van der Waals surface area contributed by atoms with Gasteiger partial charge in [0, 0.05) is 34.3 Å². The number of hydrogen-bond acceptors (Lipinski definition) is 4. The van der Waals surface area contributed by atoms with Crippen LogP contribution in [0.5, 0.6) is 0 Å². The van der Waals surface area contributed by atoms with Gasteiger partial charge in [-0.15, -0.1) is 11.8 Å². The number of aromatic nitrogens is 2. The van der Waals surface area contributed by atoms with E-state index in [0.717, 1.165) is 34.3 Å². The molecule has 5 nitrogen and oxygen atoms in total. The van der Waals surface area contributed by atoms with Crippen LogP contribution in [-0.2, 0) is 11.3 Å². The fraction of sp³-hybridized carbons (Fsp3) is 0.115. The van der Waals surface area contributed by atoms with Gasteiger partial charge in [0.2, 0.25) is 5.91 Å². The topological polar surface area (TPSA) is 64.0 Å². The number of ketones is 1. The standard InChI is InChI=1S/C26H22FN3O2S/c1-18(31)20-12-13-24(23(27)14-20)33-17-25(32)28-15-21-16-30(22-10-6-3-7-11-22)29-26(21)19-8-4-2-5-9-19/h2-14,16H,15,17H2,1H3,(H,28,32). The van der Waals surface area contributed by atoms with Crippen molar-refractivity contribution in [2.24, 2.45) is 0 Å². The molecule has 1 aromatic heterocycles. The molecule has 166 valence electrons. The first kappa shape index (κ1) is 22.5. The van der Waals surface area contributed by atoms with E-state index in [-0.39, 0.29) is 17.4 Å². The third-order valence-corrected chi connectivity index (χ3v) is 6.08. The summed E-state index contributed by atoms with van der Waals surface area (Å²) in [7, 11) is 0. The molecule has 33 heavy (non-hydrogen) atoms. The quantitative estimate of drug-likeness (QED) is 0.287. The fourth-order valence-electron chi connectivity index (χ4n) is 3.32. The lowest BCUT2D eigenvalue weighted by atomic mass is 10.1. The lowest BCUT2D eigenvalue weighted by Gasteiger charge is -2.07. The van der Waals surface area contributed by atoms with Crippen LogP contribution in [0.3, 0.4) is 0 Å². The molecule has 0 bridgehead atoms. The van der Waals surface area contributed by atoms with Crippen molar-refractivity contribution in [3.8, 4) is 16.9 Å². The molecule has 0 spiro atoms. The number of amides is 1. The minimum absolute atomic E-state index is 0.0594. The first-order valence-electron chi connectivity index (χ1n) is 10.4. The Labute approximate surface area is 195 Å². The summed E-state index contributed by atoms with van der Waals surface area (Å²) in [6.07, 6.45) is 1.91. The molecule has 0 atom stereocenters. The van der Waals surface area contributed by atoms with E-state index in [0.29, 0.717) is 17.0 Å². The average Bonchev–Trinajstić information content (AvgIpc) is 3.27. The van der Waals surface area contributed by atoms with Crippen molar-refractivity contribution in [2.75, 3.05) is 5.75 Å². The number of thioether (sulfide) groups is 1. The molecule has 4 aromatic rings. The summed E-state index contributed by atoms with van der Waals surface area (Å²) in [6, 6.07) is 23.9. The van der Waals surface area contributed by atoms with Crippen LogP contribution in [0.25, 0.3) is 16.9 Å². The summed E-state index contributed by atoms with van der Waals surface area (Å²) in [5, 5.41) is 7.64. The van der Waals surface area contributed by atoms with Gasteiger partial charge in [-0.3, -0.25) is 9.59 Å². The van der Waals surface area contributed by atoms with E-state index in [4.69, 9.17) is 5.10 Å². The number of carbonyl (C=O) groups excluding carboxylic acids is 2. The monoisotopic (exact) mass is 459 g/mol. The van der Waals surface area contributed by atoms with E-state index in [1.807, 2.05) is 66.9 Å². The van der Waals surface area contributed by atoms with Crippen LogP contribution in [0.1, 0.15) is 22.8 Å². The Morgan fingerprint density at radius 2 is 1.70 bits per heavy atom. The SMILES string of the molecule is CC(=O)c1ccc(SCC(=O)NCc2cn(-c3ccccc3)nc2-c2ccccc2)c(F)c1. The molecule has 0 aliphatic heterocycles. The van der Waals surface area contributed by atoms with Crippen LogP contribution in [0.2, 0.25) is 0 Å². The van der Waals surface area contributed by atoms with Crippen LogP contribution in [0.4, 0.5) is 4.39 Å². The van der Waals surface area contributed by atoms with E-state index in [9.17, 15) is 14.0 Å². The third-order valence-electron chi connectivity index (χ3n) is 5.03. The van der Waals surface area contributed by atoms with Crippen molar-refractivity contribution in [1.29, 1.82) is 0 Å². The maximum absolute atomic E-state index is 14.2. The lowest BCUT2D eigenvalue weighted by molar-refractivity contribution is -0.118. The Morgan fingerprint density at radius 3 is 2.36 bits per heavy atom. The Bertz CT molecular complexity index is 1270. The van der Waals surface area contributed by atoms with Crippen molar-refractivity contribution in [1.82, 2.24) is 15.1 Å². The summed E-state index contributed by atoms with van der Waals surface area (Å²) >= 11 is 1.09. The lowest BCUT2D eigenvalue weighted by Crippen LogP contribution is -2.24. The van der Waals surface area contributed by atoms with Crippen LogP contribution >= 0.6 is 11.8 Å². The van der Waals surface area contributed by atoms with Gasteiger partial charge in [0.15, 0.2) is 5.78 Å². The third kappa shape index (κ3) is 5.56. The Kier molecular flexibility index (Phi) is 7.00. The average molecular weight is 460 g/mol. The highest BCUT2D eigenvalue weighted by Gasteiger charge is 2.14. The molecule has 1 N–H and O–H groups in total. The van der Waals surface area contributed by atoms with Crippen molar-refractivity contribution in [3.05, 3.63) is 102 Å². The van der Waals surface area contributed by atoms with Crippen LogP contribution in [-0.4, -0.2) is 27.2 Å². The molecule has 0 radical (unpaired) electrons. The van der Waals surface area contributed by atoms with Crippen LogP contribution in [0.15, 0.2) is 90.0 Å². The van der Waals surface area contributed by atoms with Crippen molar-refractivity contribution < 1.29 is 14.0 Å². The maximum atomic E-state index is 14.2. The van der Waals surface area contributed by atoms with Gasteiger partial charge in [-0.1, -0.05) is 54.6 Å². The molecule has 7 heteroatoms. The molecule has 0 aliphatic rings. The van der Waals surface area contributed by atoms with Gasteiger partial charge < -0.3 is 5.32 Å². The van der Waals surface area contributed by atoms with Crippen molar-refractivity contribution in [2.45, 2.75) is 18.4 Å². The van der Waals surface area contributed by atoms with Crippen molar-refractivity contribution in [3.63, 3.8) is 0 Å². The largest absolute Gasteiger partial charge is 0.351 e. The first-order chi connectivity index (χ1) is 16.0. The predicted molar refractivity (Wildman–Crippen MR) is 128 cm³/mol. The minimum Gasteiger partial charge on any atom is -0.351 e. The molecule has 0 unspecified atom stereocenters. The molecular formula is C26H22FN3O2S. The number of halogens is 1. The van der Waals surface area contributed by atoms with E-state index in [1.165, 1.54) is 19.1 Å². The summed E-state index contributed by atoms with van der Waals surface area (Å²) in [5.41, 5.74) is 3.86. The smallest absolute Gasteiger partial charge is 0.230 e. The van der Waals surface area contributed by atoms with E-state index in [1.54, 1.807) is 10.7 Å². The van der Waals surface area contributed by atoms with Gasteiger partial charge in [0.05, 0.1) is 17.1 Å². The second kappa shape index (κ2) is 10.3. The van der Waals surface area contributed by atoms with Gasteiger partial charge in [0.1, 0.15) is 5.82 Å². The number of rotatable bonds is 8. The number of nitrogens with one attached hydrogen (secondary N) is 1. The zero-order valence-corrected chi connectivity index (χ0v) is 18.8. The normalized spacial score (nSPS) is 10.7. The van der Waals surface area contributed by atoms with Gasteiger partial charge in [-0.05, 0) is 31.2 Å². The van der Waals surface area contributed by atoms with E-state index < -0.39 is 5.82 Å². The molecular weight excluding hydrogens is 437 g/mol. The second-order valence-corrected chi connectivity index (χ2v) is 8.43. The fourth-order valence-corrected chi connectivity index (χ4v) is 4.07. The van der Waals surface area contributed by atoms with Gasteiger partial charge in [-0.2, -0.15) is 5.10 Å². The number of Topliss-reactive ketones (excluding diaryl/α,β-unsaturated/α-hetero) is 1. The number of hydrogen-bond donors (Lipinski definition) is 1. The van der Waals surface area contributed by atoms with Gasteiger partial charge in [-0.25, -0.2) is 9.07 Å². The Hall–Kier alpha value is -3.71. The highest BCUT2D eigenvalue weighted by atomic mass is 32.2. The molecule has 0 saturated carbocycles. The molecule has 0 aliphatic carbocycles. The number of carbonyl (C=O) groups is 2. The molecule has 0 fully saturated rings. The number of benzene rings is 3. The maximum Gasteiger partial charge on any atom is 0.230 e. The molecule has 3 aromatic carbocycles. The highest BCUT2D eigenvalue weighted by Crippen LogP contribution is 2.25. The summed E-state index contributed by atoms with van der Waals surface area (Å²) in [4.78, 5) is 24.2. The first-order valence-corrected chi connectivity index (χ1v) is 11.4. The zero-order valence-electron chi connectivity index (χ0n) is 18.0. The van der Waals surface area contributed by atoms with Gasteiger partial charge in [0.25, 0.3) is 0 Å². The second-order valence-electron chi connectivity index (χ2n) is 7.42. The number of para-hydroxylation sites is 1. The summed E-state index contributed by atoms with van der Waals surface area (Å²) in [5.74, 6) is -0.866. The highest BCUT2D eigenvalue weighted by molar-refractivity contribution is 8.00. The molecule has 0 saturated heterocycles. The minimum atomic E-state index is -0.504. The Balaban J connectivity index is 1.45. The predicted octanol–water partition coefficient (Wildman–Crippen LogP) is 5.29. The number of nitrogens with zero attached hydrogens (tertiary/aromatic N) is 2. The van der Waals surface area contributed by atoms with E-state index in [2.05, 4.69) is 5.32 Å². The zero-order chi connectivity index (χ0) is 23.2. The molecule has 1 amide bonds. The summed E-state index contributed by atoms with van der Waals surface area (Å²) in [6.45, 7) is 1.68. The summed E-state index contributed by atoms with van der Waals surface area (Å²) < 4.78 is 16.0. The molecule has 1 heterocycles. The molecule has 4 rings (SSSR count). The van der Waals surface area contributed by atoms with E-state index >= 15 is 0 Å². The van der Waals surface area contributed by atoms with Gasteiger partial charge >= 0.3 is 0 Å². The Morgan fingerprint density at radius 1 is 1.00 bits per heavy atom. The van der Waals surface area contributed by atoms with Crippen molar-refractivity contribution >= 4 is 23.5 Å². The van der Waals surface area contributed by atoms with Crippen LogP contribution < -0.4 is 5.32 Å². The van der Waals surface area contributed by atoms with Crippen LogP contribution in [0, 0.1) is 5.82 Å².